The number of halogens is 1. The molecule has 0 atom stereocenters. The van der Waals surface area contributed by atoms with Crippen LogP contribution in [0.1, 0.15) is 20.8 Å². The molecule has 2 amide bonds. The van der Waals surface area contributed by atoms with Crippen molar-refractivity contribution in [2.24, 2.45) is 0 Å². The molecule has 1 aromatic heterocycles. The van der Waals surface area contributed by atoms with Gasteiger partial charge in [0, 0.05) is 22.0 Å². The molecule has 2 N–H and O–H groups in total. The summed E-state index contributed by atoms with van der Waals surface area (Å²) in [5.74, 6) is -0.692. The van der Waals surface area contributed by atoms with Crippen molar-refractivity contribution in [2.75, 3.05) is 0 Å². The minimum absolute atomic E-state index is 0.195. The first-order valence-corrected chi connectivity index (χ1v) is 9.52. The van der Waals surface area contributed by atoms with Crippen molar-refractivity contribution in [3.05, 3.63) is 98.8 Å². The molecule has 6 heteroatoms. The van der Waals surface area contributed by atoms with Crippen LogP contribution in [0.4, 0.5) is 0 Å². The normalized spacial score (nSPS) is 11.1. The van der Waals surface area contributed by atoms with Crippen LogP contribution in [0, 0.1) is 0 Å². The fourth-order valence-corrected chi connectivity index (χ4v) is 3.12. The van der Waals surface area contributed by atoms with E-state index in [1.807, 2.05) is 35.7 Å². The van der Waals surface area contributed by atoms with Crippen LogP contribution in [0.2, 0.25) is 5.02 Å². The van der Waals surface area contributed by atoms with Crippen molar-refractivity contribution in [1.82, 2.24) is 10.6 Å². The van der Waals surface area contributed by atoms with Gasteiger partial charge in [-0.15, -0.1) is 11.3 Å². The maximum Gasteiger partial charge on any atom is 0.268 e. The summed E-state index contributed by atoms with van der Waals surface area (Å²) in [5, 5.41) is 8.09. The summed E-state index contributed by atoms with van der Waals surface area (Å²) in [4.78, 5) is 26.0. The highest BCUT2D eigenvalue weighted by Crippen LogP contribution is 2.14. The van der Waals surface area contributed by atoms with Gasteiger partial charge in [0.05, 0.1) is 0 Å². The maximum absolute atomic E-state index is 12.7. The standard InChI is InChI=1S/C21H17ClN2O2S/c22-17-10-8-15(9-11-17)14-23-21(26)19(13-18-7-4-12-27-18)24-20(25)16-5-2-1-3-6-16/h1-13H,14H2,(H,23,26)(H,24,25)/b19-13-. The van der Waals surface area contributed by atoms with Gasteiger partial charge in [-0.25, -0.2) is 0 Å². The molecule has 0 saturated heterocycles. The molecule has 0 saturated carbocycles. The van der Waals surface area contributed by atoms with E-state index in [0.29, 0.717) is 17.1 Å². The van der Waals surface area contributed by atoms with Crippen LogP contribution in [-0.2, 0) is 11.3 Å². The molecule has 0 aliphatic carbocycles. The SMILES string of the molecule is O=C(NCc1ccc(Cl)cc1)/C(=C/c1cccs1)NC(=O)c1ccccc1. The summed E-state index contributed by atoms with van der Waals surface area (Å²) < 4.78 is 0. The zero-order chi connectivity index (χ0) is 19.1. The van der Waals surface area contributed by atoms with E-state index < -0.39 is 0 Å². The number of thiophene rings is 1. The van der Waals surface area contributed by atoms with Gasteiger partial charge in [0.1, 0.15) is 5.70 Å². The average Bonchev–Trinajstić information content (AvgIpc) is 3.20. The predicted molar refractivity (Wildman–Crippen MR) is 110 cm³/mol. The van der Waals surface area contributed by atoms with Gasteiger partial charge in [0.25, 0.3) is 11.8 Å². The van der Waals surface area contributed by atoms with Crippen LogP contribution in [0.5, 0.6) is 0 Å². The Bertz CT molecular complexity index is 936. The number of rotatable bonds is 6. The predicted octanol–water partition coefficient (Wildman–Crippen LogP) is 4.49. The number of hydrogen-bond acceptors (Lipinski definition) is 3. The molecule has 0 unspecified atom stereocenters. The topological polar surface area (TPSA) is 58.2 Å². The molecule has 0 aliphatic heterocycles. The number of benzene rings is 2. The Kier molecular flexibility index (Phi) is 6.41. The zero-order valence-corrected chi connectivity index (χ0v) is 15.9. The van der Waals surface area contributed by atoms with Crippen LogP contribution in [0.25, 0.3) is 6.08 Å². The third-order valence-electron chi connectivity index (χ3n) is 3.72. The smallest absolute Gasteiger partial charge is 0.268 e. The molecule has 1 heterocycles. The largest absolute Gasteiger partial charge is 0.347 e. The molecule has 0 bridgehead atoms. The van der Waals surface area contributed by atoms with Gasteiger partial charge in [0.15, 0.2) is 0 Å². The van der Waals surface area contributed by atoms with Gasteiger partial charge >= 0.3 is 0 Å². The van der Waals surface area contributed by atoms with E-state index in [9.17, 15) is 9.59 Å². The monoisotopic (exact) mass is 396 g/mol. The minimum Gasteiger partial charge on any atom is -0.347 e. The van der Waals surface area contributed by atoms with Gasteiger partial charge in [-0.1, -0.05) is 48.0 Å². The summed E-state index contributed by atoms with van der Waals surface area (Å²) in [6, 6.07) is 19.8. The van der Waals surface area contributed by atoms with Crippen LogP contribution in [0.3, 0.4) is 0 Å². The Labute approximate surface area is 166 Å². The molecule has 0 fully saturated rings. The summed E-state index contributed by atoms with van der Waals surface area (Å²) in [6.07, 6.45) is 1.67. The Balaban J connectivity index is 1.74. The molecular weight excluding hydrogens is 380 g/mol. The lowest BCUT2D eigenvalue weighted by Gasteiger charge is -2.11. The summed E-state index contributed by atoms with van der Waals surface area (Å²) in [6.45, 7) is 0.332. The average molecular weight is 397 g/mol. The Morgan fingerprint density at radius 1 is 0.963 bits per heavy atom. The molecule has 2 aromatic carbocycles. The van der Waals surface area contributed by atoms with Crippen molar-refractivity contribution in [2.45, 2.75) is 6.54 Å². The second kappa shape index (κ2) is 9.16. The van der Waals surface area contributed by atoms with E-state index >= 15 is 0 Å². The van der Waals surface area contributed by atoms with Gasteiger partial charge in [0.2, 0.25) is 0 Å². The second-order valence-corrected chi connectivity index (χ2v) is 7.12. The van der Waals surface area contributed by atoms with E-state index in [2.05, 4.69) is 10.6 Å². The number of carbonyl (C=O) groups is 2. The lowest BCUT2D eigenvalue weighted by molar-refractivity contribution is -0.117. The molecule has 4 nitrogen and oxygen atoms in total. The van der Waals surface area contributed by atoms with Gasteiger partial charge in [-0.2, -0.15) is 0 Å². The van der Waals surface area contributed by atoms with Crippen molar-refractivity contribution >= 4 is 40.8 Å². The third kappa shape index (κ3) is 5.54. The number of hydrogen-bond donors (Lipinski definition) is 2. The first kappa shape index (κ1) is 18.9. The fraction of sp³-hybridized carbons (Fsp3) is 0.0476. The highest BCUT2D eigenvalue weighted by Gasteiger charge is 2.14. The molecule has 0 aliphatic rings. The number of nitrogens with one attached hydrogen (secondary N) is 2. The highest BCUT2D eigenvalue weighted by atomic mass is 35.5. The summed E-state index contributed by atoms with van der Waals surface area (Å²) in [5.41, 5.74) is 1.60. The summed E-state index contributed by atoms with van der Waals surface area (Å²) in [7, 11) is 0. The van der Waals surface area contributed by atoms with Crippen molar-refractivity contribution in [3.63, 3.8) is 0 Å². The van der Waals surface area contributed by atoms with Crippen LogP contribution in [0.15, 0.2) is 77.8 Å². The lowest BCUT2D eigenvalue weighted by Crippen LogP contribution is -2.34. The Morgan fingerprint density at radius 2 is 1.70 bits per heavy atom. The first-order valence-electron chi connectivity index (χ1n) is 8.26. The van der Waals surface area contributed by atoms with E-state index in [-0.39, 0.29) is 17.5 Å². The van der Waals surface area contributed by atoms with Crippen LogP contribution in [-0.4, -0.2) is 11.8 Å². The number of amides is 2. The van der Waals surface area contributed by atoms with Crippen molar-refractivity contribution in [3.8, 4) is 0 Å². The molecule has 27 heavy (non-hydrogen) atoms. The Hall–Kier alpha value is -2.89. The molecule has 136 valence electrons. The molecule has 3 rings (SSSR count). The van der Waals surface area contributed by atoms with E-state index in [1.54, 1.807) is 42.5 Å². The van der Waals surface area contributed by atoms with Crippen LogP contribution < -0.4 is 10.6 Å². The maximum atomic E-state index is 12.7. The van der Waals surface area contributed by atoms with Crippen LogP contribution >= 0.6 is 22.9 Å². The van der Waals surface area contributed by atoms with E-state index in [4.69, 9.17) is 11.6 Å². The first-order chi connectivity index (χ1) is 13.1. The highest BCUT2D eigenvalue weighted by molar-refractivity contribution is 7.10. The molecule has 0 spiro atoms. The zero-order valence-electron chi connectivity index (χ0n) is 14.3. The second-order valence-electron chi connectivity index (χ2n) is 5.70. The van der Waals surface area contributed by atoms with Crippen molar-refractivity contribution < 1.29 is 9.59 Å². The van der Waals surface area contributed by atoms with Gasteiger partial charge in [-0.05, 0) is 47.4 Å². The number of carbonyl (C=O) groups excluding carboxylic acids is 2. The molecule has 0 radical (unpaired) electrons. The van der Waals surface area contributed by atoms with Crippen molar-refractivity contribution in [1.29, 1.82) is 0 Å². The lowest BCUT2D eigenvalue weighted by atomic mass is 10.2. The van der Waals surface area contributed by atoms with Gasteiger partial charge in [-0.3, -0.25) is 9.59 Å². The molecule has 3 aromatic rings. The van der Waals surface area contributed by atoms with E-state index in [1.165, 1.54) is 11.3 Å². The van der Waals surface area contributed by atoms with E-state index in [0.717, 1.165) is 10.4 Å². The summed E-state index contributed by atoms with van der Waals surface area (Å²) >= 11 is 7.36. The third-order valence-corrected chi connectivity index (χ3v) is 4.80. The van der Waals surface area contributed by atoms with Gasteiger partial charge < -0.3 is 10.6 Å². The molecular formula is C21H17ClN2O2S. The Morgan fingerprint density at radius 3 is 2.37 bits per heavy atom. The fourth-order valence-electron chi connectivity index (χ4n) is 2.34. The quantitative estimate of drug-likeness (QED) is 0.603. The minimum atomic E-state index is -0.359.